The summed E-state index contributed by atoms with van der Waals surface area (Å²) in [4.78, 5) is 6.46. The molecule has 16 heavy (non-hydrogen) atoms. The van der Waals surface area contributed by atoms with Crippen LogP contribution in [0.5, 0.6) is 0 Å². The third kappa shape index (κ3) is 2.75. The highest BCUT2D eigenvalue weighted by Crippen LogP contribution is 2.21. The average Bonchev–Trinajstić information content (AvgIpc) is 2.25. The fourth-order valence-corrected chi connectivity index (χ4v) is 1.82. The van der Waals surface area contributed by atoms with Crippen molar-refractivity contribution in [1.29, 1.82) is 0 Å². The van der Waals surface area contributed by atoms with E-state index < -0.39 is 0 Å². The molecule has 0 radical (unpaired) electrons. The Morgan fingerprint density at radius 2 is 2.06 bits per heavy atom. The van der Waals surface area contributed by atoms with Crippen molar-refractivity contribution in [3.8, 4) is 0 Å². The Morgan fingerprint density at radius 3 is 2.69 bits per heavy atom. The highest BCUT2D eigenvalue weighted by molar-refractivity contribution is 6.33. The molecule has 0 aliphatic carbocycles. The summed E-state index contributed by atoms with van der Waals surface area (Å²) in [5.41, 5.74) is 9.37. The summed E-state index contributed by atoms with van der Waals surface area (Å²) < 4.78 is 0. The van der Waals surface area contributed by atoms with Crippen molar-refractivity contribution in [1.82, 2.24) is 14.9 Å². The Hall–Kier alpha value is -1.04. The van der Waals surface area contributed by atoms with Gasteiger partial charge in [-0.05, 0) is 13.1 Å². The minimum absolute atomic E-state index is 0.555. The van der Waals surface area contributed by atoms with Crippen molar-refractivity contribution < 1.29 is 0 Å². The molecule has 5 nitrogen and oxygen atoms in total. The van der Waals surface area contributed by atoms with Crippen molar-refractivity contribution in [2.45, 2.75) is 0 Å². The summed E-state index contributed by atoms with van der Waals surface area (Å²) >= 11 is 6.04. The molecular weight excluding hydrogens is 226 g/mol. The number of rotatable bonds is 2. The average molecular weight is 242 g/mol. The van der Waals surface area contributed by atoms with Crippen molar-refractivity contribution >= 4 is 23.1 Å². The van der Waals surface area contributed by atoms with Gasteiger partial charge in [0.1, 0.15) is 0 Å². The van der Waals surface area contributed by atoms with Gasteiger partial charge in [0.2, 0.25) is 0 Å². The Kier molecular flexibility index (Phi) is 3.48. The fourth-order valence-electron chi connectivity index (χ4n) is 1.60. The predicted molar refractivity (Wildman–Crippen MR) is 66.4 cm³/mol. The van der Waals surface area contributed by atoms with Gasteiger partial charge in [0, 0.05) is 26.2 Å². The predicted octanol–water partition coefficient (Wildman–Crippen LogP) is 0.891. The number of aromatic nitrogens is 1. The quantitative estimate of drug-likeness (QED) is 0.806. The van der Waals surface area contributed by atoms with Gasteiger partial charge in [-0.25, -0.2) is 9.99 Å². The molecule has 0 atom stereocenters. The van der Waals surface area contributed by atoms with Crippen LogP contribution in [0.4, 0.5) is 11.5 Å². The van der Waals surface area contributed by atoms with Gasteiger partial charge in [-0.2, -0.15) is 0 Å². The maximum atomic E-state index is 6.04. The number of nitrogens with one attached hydrogen (secondary N) is 1. The van der Waals surface area contributed by atoms with E-state index in [9.17, 15) is 0 Å². The Labute approximate surface area is 100 Å². The summed E-state index contributed by atoms with van der Waals surface area (Å²) in [6.45, 7) is 4.00. The molecule has 0 bridgehead atoms. The van der Waals surface area contributed by atoms with Crippen LogP contribution < -0.4 is 11.2 Å². The molecular formula is C10H16ClN5. The van der Waals surface area contributed by atoms with Gasteiger partial charge in [0.05, 0.1) is 16.9 Å². The van der Waals surface area contributed by atoms with Gasteiger partial charge in [-0.1, -0.05) is 11.6 Å². The summed E-state index contributed by atoms with van der Waals surface area (Å²) in [6.07, 6.45) is 1.60. The molecule has 6 heteroatoms. The van der Waals surface area contributed by atoms with Crippen molar-refractivity contribution in [2.24, 2.45) is 0 Å². The lowest BCUT2D eigenvalue weighted by Gasteiger charge is -2.32. The summed E-state index contributed by atoms with van der Waals surface area (Å²) in [7, 11) is 2.12. The number of halogens is 1. The number of likely N-dealkylation sites (N-methyl/N-ethyl adjacent to an activating group) is 1. The zero-order valence-corrected chi connectivity index (χ0v) is 10.0. The van der Waals surface area contributed by atoms with Gasteiger partial charge < -0.3 is 16.1 Å². The third-order valence-corrected chi connectivity index (χ3v) is 2.92. The number of nitrogens with two attached hydrogens (primary N) is 1. The van der Waals surface area contributed by atoms with E-state index in [-0.39, 0.29) is 0 Å². The maximum absolute atomic E-state index is 6.04. The second-order valence-electron chi connectivity index (χ2n) is 4.00. The Morgan fingerprint density at radius 1 is 1.38 bits per heavy atom. The van der Waals surface area contributed by atoms with Crippen molar-refractivity contribution in [3.05, 3.63) is 17.3 Å². The molecule has 88 valence electrons. The lowest BCUT2D eigenvalue weighted by Crippen LogP contribution is -2.47. The van der Waals surface area contributed by atoms with Crippen molar-refractivity contribution in [2.75, 3.05) is 44.4 Å². The highest BCUT2D eigenvalue weighted by Gasteiger charge is 2.14. The van der Waals surface area contributed by atoms with Crippen LogP contribution in [0.25, 0.3) is 0 Å². The largest absolute Gasteiger partial charge is 0.397 e. The second-order valence-corrected chi connectivity index (χ2v) is 4.41. The highest BCUT2D eigenvalue weighted by atomic mass is 35.5. The number of hydrogen-bond acceptors (Lipinski definition) is 5. The van der Waals surface area contributed by atoms with Crippen LogP contribution in [-0.4, -0.2) is 48.1 Å². The minimum atomic E-state index is 0.555. The summed E-state index contributed by atoms with van der Waals surface area (Å²) in [5.74, 6) is 0.667. The topological polar surface area (TPSA) is 57.4 Å². The molecule has 1 saturated heterocycles. The normalized spacial score (nSPS) is 18.6. The third-order valence-electron chi connectivity index (χ3n) is 2.63. The van der Waals surface area contributed by atoms with Crippen molar-refractivity contribution in [3.63, 3.8) is 0 Å². The molecule has 0 aromatic carbocycles. The van der Waals surface area contributed by atoms with Crippen LogP contribution in [0.1, 0.15) is 0 Å². The maximum Gasteiger partial charge on any atom is 0.159 e. The van der Waals surface area contributed by atoms with Crippen LogP contribution in [0.3, 0.4) is 0 Å². The Balaban J connectivity index is 1.98. The van der Waals surface area contributed by atoms with Gasteiger partial charge in [0.15, 0.2) is 5.82 Å². The van der Waals surface area contributed by atoms with E-state index >= 15 is 0 Å². The van der Waals surface area contributed by atoms with Crippen LogP contribution in [0.15, 0.2) is 12.3 Å². The van der Waals surface area contributed by atoms with Crippen LogP contribution in [0.2, 0.25) is 5.02 Å². The molecule has 1 aliphatic rings. The first kappa shape index (κ1) is 11.4. The molecule has 1 fully saturated rings. The molecule has 3 N–H and O–H groups in total. The monoisotopic (exact) mass is 241 g/mol. The molecule has 0 saturated carbocycles. The molecule has 0 unspecified atom stereocenters. The molecule has 0 amide bonds. The first-order chi connectivity index (χ1) is 7.65. The van der Waals surface area contributed by atoms with Gasteiger partial charge in [-0.15, -0.1) is 0 Å². The lowest BCUT2D eigenvalue weighted by atomic mass is 10.4. The van der Waals surface area contributed by atoms with Gasteiger partial charge in [0.25, 0.3) is 0 Å². The van der Waals surface area contributed by atoms with E-state index in [1.807, 2.05) is 0 Å². The molecule has 2 heterocycles. The van der Waals surface area contributed by atoms with E-state index in [0.717, 1.165) is 26.2 Å². The molecule has 1 aromatic rings. The lowest BCUT2D eigenvalue weighted by molar-refractivity contribution is 0.178. The number of nitrogens with zero attached hydrogens (tertiary/aromatic N) is 3. The number of hydrogen-bond donors (Lipinski definition) is 2. The number of anilines is 2. The smallest absolute Gasteiger partial charge is 0.159 e. The van der Waals surface area contributed by atoms with Gasteiger partial charge >= 0.3 is 0 Å². The second kappa shape index (κ2) is 4.86. The summed E-state index contributed by atoms with van der Waals surface area (Å²) in [6, 6.07) is 1.70. The summed E-state index contributed by atoms with van der Waals surface area (Å²) in [5, 5.41) is 2.67. The standard InChI is InChI=1S/C10H16ClN5/c1-15-2-4-16(5-3-15)14-10-9(11)6-8(12)7-13-10/h6-7H,2-5,12H2,1H3,(H,13,14). The Bertz CT molecular complexity index is 362. The molecule has 1 aliphatic heterocycles. The molecule has 0 spiro atoms. The first-order valence-corrected chi connectivity index (χ1v) is 5.64. The van der Waals surface area contributed by atoms with E-state index in [4.69, 9.17) is 17.3 Å². The van der Waals surface area contributed by atoms with Crippen LogP contribution in [-0.2, 0) is 0 Å². The van der Waals surface area contributed by atoms with E-state index in [1.54, 1.807) is 12.3 Å². The SMILES string of the molecule is CN1CCN(Nc2ncc(N)cc2Cl)CC1. The fraction of sp³-hybridized carbons (Fsp3) is 0.500. The van der Waals surface area contributed by atoms with Crippen LogP contribution in [0, 0.1) is 0 Å². The minimum Gasteiger partial charge on any atom is -0.397 e. The molecule has 2 rings (SSSR count). The number of hydrazine groups is 1. The van der Waals surface area contributed by atoms with E-state index in [0.29, 0.717) is 16.5 Å². The number of piperazine rings is 1. The van der Waals surface area contributed by atoms with Crippen LogP contribution >= 0.6 is 11.6 Å². The van der Waals surface area contributed by atoms with Gasteiger partial charge in [-0.3, -0.25) is 0 Å². The zero-order chi connectivity index (χ0) is 11.5. The molecule has 1 aromatic heterocycles. The number of pyridine rings is 1. The number of nitrogen functional groups attached to an aromatic ring is 1. The zero-order valence-electron chi connectivity index (χ0n) is 9.28. The first-order valence-electron chi connectivity index (χ1n) is 5.26. The van der Waals surface area contributed by atoms with E-state index in [2.05, 4.69) is 27.4 Å². The van der Waals surface area contributed by atoms with E-state index in [1.165, 1.54) is 0 Å².